The van der Waals surface area contributed by atoms with E-state index >= 15 is 0 Å². The van der Waals surface area contributed by atoms with E-state index in [1.54, 1.807) is 0 Å². The first kappa shape index (κ1) is 82.5. The van der Waals surface area contributed by atoms with Crippen LogP contribution < -0.4 is 0 Å². The zero-order chi connectivity index (χ0) is 61.2. The molecule has 0 radical (unpaired) electrons. The molecular weight excluding hydrogens is 1060 g/mol. The van der Waals surface area contributed by atoms with Gasteiger partial charge in [0.25, 0.3) is 0 Å². The number of likely N-dealkylation sites (N-methyl/N-ethyl adjacent to an activating group) is 1. The van der Waals surface area contributed by atoms with Gasteiger partial charge in [0.15, 0.2) is 6.10 Å². The number of carbonyl (C=O) groups is 2. The second kappa shape index (κ2) is 65.9. The monoisotopic (exact) mass is 1210 g/mol. The molecule has 0 fully saturated rings. The maximum absolute atomic E-state index is 12.9. The van der Waals surface area contributed by atoms with E-state index in [0.29, 0.717) is 23.9 Å². The van der Waals surface area contributed by atoms with Gasteiger partial charge >= 0.3 is 19.8 Å². The Morgan fingerprint density at radius 1 is 0.357 bits per heavy atom. The number of unbranched alkanes of at least 4 members (excludes halogenated alkanes) is 52. The molecule has 9 nitrogen and oxygen atoms in total. The number of nitrogens with zero attached hydrogens (tertiary/aromatic N) is 1. The van der Waals surface area contributed by atoms with E-state index in [1.165, 1.54) is 321 Å². The van der Waals surface area contributed by atoms with Gasteiger partial charge in [0.1, 0.15) is 19.8 Å². The first-order valence-electron chi connectivity index (χ1n) is 37.1. The van der Waals surface area contributed by atoms with Crippen LogP contribution in [0.2, 0.25) is 0 Å². The Labute approximate surface area is 523 Å². The number of rotatable bonds is 70. The van der Waals surface area contributed by atoms with E-state index in [0.717, 1.165) is 32.1 Å². The van der Waals surface area contributed by atoms with Gasteiger partial charge < -0.3 is 18.9 Å². The summed E-state index contributed by atoms with van der Waals surface area (Å²) in [6.07, 6.45) is 83.1. The van der Waals surface area contributed by atoms with Crippen LogP contribution in [-0.4, -0.2) is 74.9 Å². The third-order valence-corrected chi connectivity index (χ3v) is 17.9. The van der Waals surface area contributed by atoms with Crippen molar-refractivity contribution in [1.82, 2.24) is 0 Å². The third kappa shape index (κ3) is 69.6. The summed E-state index contributed by atoms with van der Waals surface area (Å²) in [6.45, 7) is 4.51. The van der Waals surface area contributed by atoms with Crippen molar-refractivity contribution in [2.24, 2.45) is 0 Å². The Balaban J connectivity index is 3.92. The van der Waals surface area contributed by atoms with Gasteiger partial charge in [-0.1, -0.05) is 334 Å². The molecule has 0 aromatic rings. The molecule has 10 heteroatoms. The van der Waals surface area contributed by atoms with Crippen molar-refractivity contribution in [1.29, 1.82) is 0 Å². The number of carbonyl (C=O) groups excluding carboxylic acids is 2. The molecule has 0 aliphatic carbocycles. The second-order valence-corrected chi connectivity index (χ2v) is 28.1. The minimum Gasteiger partial charge on any atom is -0.462 e. The van der Waals surface area contributed by atoms with E-state index in [-0.39, 0.29) is 25.6 Å². The molecule has 0 rings (SSSR count). The molecule has 2 atom stereocenters. The molecular formula is C74H145NO8P+. The molecule has 0 aromatic heterocycles. The highest BCUT2D eigenvalue weighted by atomic mass is 31.2. The highest BCUT2D eigenvalue weighted by Gasteiger charge is 2.27. The van der Waals surface area contributed by atoms with Gasteiger partial charge in [-0.25, -0.2) is 4.57 Å². The van der Waals surface area contributed by atoms with Crippen LogP contribution in [0, 0.1) is 0 Å². The van der Waals surface area contributed by atoms with Crippen molar-refractivity contribution in [3.63, 3.8) is 0 Å². The van der Waals surface area contributed by atoms with E-state index in [1.807, 2.05) is 21.1 Å². The van der Waals surface area contributed by atoms with Crippen LogP contribution in [-0.2, 0) is 32.7 Å². The molecule has 0 aliphatic heterocycles. The van der Waals surface area contributed by atoms with Gasteiger partial charge in [0.2, 0.25) is 0 Å². The maximum atomic E-state index is 12.9. The number of quaternary nitrogens is 1. The number of ether oxygens (including phenoxy) is 2. The smallest absolute Gasteiger partial charge is 0.462 e. The molecule has 0 saturated carbocycles. The lowest BCUT2D eigenvalue weighted by Gasteiger charge is -2.24. The Morgan fingerprint density at radius 2 is 0.607 bits per heavy atom. The number of esters is 2. The van der Waals surface area contributed by atoms with Gasteiger partial charge in [0.05, 0.1) is 27.7 Å². The summed E-state index contributed by atoms with van der Waals surface area (Å²) in [6, 6.07) is 0. The quantitative estimate of drug-likeness (QED) is 0.0211. The van der Waals surface area contributed by atoms with E-state index in [2.05, 4.69) is 38.2 Å². The Hall–Kier alpha value is -1.51. The normalized spacial score (nSPS) is 13.2. The lowest BCUT2D eigenvalue weighted by Crippen LogP contribution is -2.37. The van der Waals surface area contributed by atoms with E-state index in [4.69, 9.17) is 18.5 Å². The summed E-state index contributed by atoms with van der Waals surface area (Å²) < 4.78 is 34.8. The Morgan fingerprint density at radius 3 is 0.881 bits per heavy atom. The van der Waals surface area contributed by atoms with Crippen molar-refractivity contribution in [2.45, 2.75) is 392 Å². The topological polar surface area (TPSA) is 108 Å². The van der Waals surface area contributed by atoms with Gasteiger partial charge in [-0.05, 0) is 64.2 Å². The second-order valence-electron chi connectivity index (χ2n) is 26.7. The lowest BCUT2D eigenvalue weighted by atomic mass is 10.0. The van der Waals surface area contributed by atoms with Crippen molar-refractivity contribution in [2.75, 3.05) is 47.5 Å². The molecule has 84 heavy (non-hydrogen) atoms. The van der Waals surface area contributed by atoms with Crippen LogP contribution in [0.15, 0.2) is 24.3 Å². The van der Waals surface area contributed by atoms with E-state index < -0.39 is 26.5 Å². The van der Waals surface area contributed by atoms with Gasteiger partial charge in [-0.15, -0.1) is 0 Å². The molecule has 0 saturated heterocycles. The lowest BCUT2D eigenvalue weighted by molar-refractivity contribution is -0.870. The maximum Gasteiger partial charge on any atom is 0.472 e. The zero-order valence-corrected chi connectivity index (χ0v) is 57.8. The fraction of sp³-hybridized carbons (Fsp3) is 0.919. The van der Waals surface area contributed by atoms with Crippen LogP contribution in [0.3, 0.4) is 0 Å². The molecule has 498 valence electrons. The van der Waals surface area contributed by atoms with Crippen molar-refractivity contribution >= 4 is 19.8 Å². The molecule has 0 aliphatic rings. The average molecular weight is 1210 g/mol. The fourth-order valence-electron chi connectivity index (χ4n) is 11.2. The van der Waals surface area contributed by atoms with Gasteiger partial charge in [-0.2, -0.15) is 0 Å². The molecule has 0 bridgehead atoms. The van der Waals surface area contributed by atoms with Gasteiger partial charge in [-0.3, -0.25) is 18.6 Å². The first-order valence-corrected chi connectivity index (χ1v) is 38.6. The van der Waals surface area contributed by atoms with Crippen LogP contribution >= 0.6 is 7.82 Å². The largest absolute Gasteiger partial charge is 0.472 e. The van der Waals surface area contributed by atoms with Crippen LogP contribution in [0.25, 0.3) is 0 Å². The van der Waals surface area contributed by atoms with E-state index in [9.17, 15) is 19.0 Å². The number of hydrogen-bond acceptors (Lipinski definition) is 7. The predicted molar refractivity (Wildman–Crippen MR) is 363 cm³/mol. The number of hydrogen-bond donors (Lipinski definition) is 1. The number of allylic oxidation sites excluding steroid dienone is 4. The standard InChI is InChI=1S/C74H144NO8P/c1-6-8-10-12-14-16-18-20-22-24-26-28-30-31-32-33-34-35-36-37-38-39-40-41-42-43-45-47-49-51-53-55-57-59-61-63-65-67-74(77)83-72(71-82-84(78,79)81-69-68-75(3,4)5)70-80-73(76)66-64-62-60-58-56-54-52-50-48-46-44-29-27-25-23-21-19-17-15-13-11-9-7-2/h24-27,72H,6-23,28-71H2,1-5H3/p+1/b26-24-,27-25-. The van der Waals surface area contributed by atoms with Crippen molar-refractivity contribution < 1.29 is 42.1 Å². The number of phosphoric acid groups is 1. The van der Waals surface area contributed by atoms with Crippen LogP contribution in [0.5, 0.6) is 0 Å². The van der Waals surface area contributed by atoms with Crippen LogP contribution in [0.4, 0.5) is 0 Å². The molecule has 0 spiro atoms. The third-order valence-electron chi connectivity index (χ3n) is 17.0. The fourth-order valence-corrected chi connectivity index (χ4v) is 12.0. The number of phosphoric ester groups is 1. The average Bonchev–Trinajstić information content (AvgIpc) is 3.61. The van der Waals surface area contributed by atoms with Crippen molar-refractivity contribution in [3.8, 4) is 0 Å². The Kier molecular flexibility index (Phi) is 64.7. The van der Waals surface area contributed by atoms with Crippen molar-refractivity contribution in [3.05, 3.63) is 24.3 Å². The minimum atomic E-state index is -4.39. The molecule has 1 N–H and O–H groups in total. The summed E-state index contributed by atoms with van der Waals surface area (Å²) in [5, 5.41) is 0. The summed E-state index contributed by atoms with van der Waals surface area (Å²) in [4.78, 5) is 35.9. The summed E-state index contributed by atoms with van der Waals surface area (Å²) in [5.41, 5.74) is 0. The molecule has 0 heterocycles. The molecule has 0 amide bonds. The summed E-state index contributed by atoms with van der Waals surface area (Å²) in [7, 11) is 1.50. The SMILES string of the molecule is CCCCCCCCCC/C=C\CCCCCCCCCCCCCCCCCCCCCCCCCCCC(=O)OC(COC(=O)CCCCCCCCCCCCC/C=C\CCCCCCCCCC)COP(=O)(O)OCC[N+](C)(C)C. The first-order chi connectivity index (χ1) is 41.0. The summed E-state index contributed by atoms with van der Waals surface area (Å²) in [5.74, 6) is -0.775. The predicted octanol–water partition coefficient (Wildman–Crippen LogP) is 24.1. The minimum absolute atomic E-state index is 0.0352. The van der Waals surface area contributed by atoms with Gasteiger partial charge in [0, 0.05) is 12.8 Å². The molecule has 0 aromatic carbocycles. The highest BCUT2D eigenvalue weighted by molar-refractivity contribution is 7.47. The summed E-state index contributed by atoms with van der Waals surface area (Å²) >= 11 is 0. The zero-order valence-electron chi connectivity index (χ0n) is 56.9. The highest BCUT2D eigenvalue weighted by Crippen LogP contribution is 2.43. The van der Waals surface area contributed by atoms with Crippen LogP contribution in [0.1, 0.15) is 386 Å². The molecule has 2 unspecified atom stereocenters. The Bertz CT molecular complexity index is 1460.